The number of amides is 1. The minimum absolute atomic E-state index is 0.0311. The van der Waals surface area contributed by atoms with E-state index in [1.807, 2.05) is 37.3 Å². The van der Waals surface area contributed by atoms with Gasteiger partial charge in [0, 0.05) is 22.9 Å². The van der Waals surface area contributed by atoms with Gasteiger partial charge in [-0.1, -0.05) is 69.7 Å². The minimum atomic E-state index is -0.866. The Morgan fingerprint density at radius 1 is 1.05 bits per heavy atom. The molecular weight excluding hydrogens is 553 g/mol. The molecule has 0 radical (unpaired) electrons. The van der Waals surface area contributed by atoms with Gasteiger partial charge in [-0.3, -0.25) is 9.69 Å². The molecule has 44 heavy (non-hydrogen) atoms. The third-order valence-electron chi connectivity index (χ3n) is 8.28. The molecular formula is C37H36FN3O3. The van der Waals surface area contributed by atoms with E-state index in [1.54, 1.807) is 48.5 Å². The quantitative estimate of drug-likeness (QED) is 0.201. The number of ether oxygens (including phenoxy) is 1. The molecule has 0 fully saturated rings. The molecule has 0 aromatic heterocycles. The topological polar surface area (TPSA) is 85.6 Å². The van der Waals surface area contributed by atoms with E-state index in [0.29, 0.717) is 29.1 Å². The van der Waals surface area contributed by atoms with E-state index in [-0.39, 0.29) is 28.9 Å². The number of phenols is 1. The Hall–Kier alpha value is -5.09. The molecule has 6 nitrogen and oxygen atoms in total. The molecule has 2 N–H and O–H groups in total. The van der Waals surface area contributed by atoms with Crippen molar-refractivity contribution in [2.45, 2.75) is 53.2 Å². The zero-order valence-corrected chi connectivity index (χ0v) is 25.4. The Labute approximate surface area is 258 Å². The third-order valence-corrected chi connectivity index (χ3v) is 8.28. The molecule has 0 bridgehead atoms. The molecule has 4 aromatic rings. The Balaban J connectivity index is 1.68. The van der Waals surface area contributed by atoms with Gasteiger partial charge >= 0.3 is 0 Å². The second-order valence-electron chi connectivity index (χ2n) is 11.9. The smallest absolute Gasteiger partial charge is 0.259 e. The number of carbonyl (C=O) groups is 1. The molecule has 1 aliphatic rings. The average molecular weight is 590 g/mol. The molecule has 1 unspecified atom stereocenters. The van der Waals surface area contributed by atoms with E-state index in [9.17, 15) is 15.2 Å². The van der Waals surface area contributed by atoms with Crippen molar-refractivity contribution >= 4 is 17.3 Å². The first-order chi connectivity index (χ1) is 21.1. The number of phenolic OH excluding ortho intramolecular Hbond substituents is 1. The number of hydrogen-bond donors (Lipinski definition) is 2. The number of nitrogens with one attached hydrogen (secondary N) is 1. The molecule has 0 aliphatic carbocycles. The Morgan fingerprint density at radius 2 is 1.80 bits per heavy atom. The second-order valence-corrected chi connectivity index (χ2v) is 11.9. The fourth-order valence-corrected chi connectivity index (χ4v) is 5.41. The van der Waals surface area contributed by atoms with Crippen molar-refractivity contribution in [1.82, 2.24) is 0 Å². The lowest BCUT2D eigenvalue weighted by Gasteiger charge is -2.33. The predicted molar refractivity (Wildman–Crippen MR) is 171 cm³/mol. The minimum Gasteiger partial charge on any atom is -0.506 e. The zero-order valence-electron chi connectivity index (χ0n) is 25.4. The maximum atomic E-state index is 16.3. The molecule has 5 rings (SSSR count). The van der Waals surface area contributed by atoms with Crippen LogP contribution in [-0.4, -0.2) is 11.0 Å². The molecule has 1 heterocycles. The summed E-state index contributed by atoms with van der Waals surface area (Å²) in [6.45, 7) is 8.59. The first-order valence-electron chi connectivity index (χ1n) is 14.7. The highest BCUT2D eigenvalue weighted by atomic mass is 19.1. The van der Waals surface area contributed by atoms with Crippen LogP contribution in [0.4, 0.5) is 15.8 Å². The Morgan fingerprint density at radius 3 is 2.50 bits per heavy atom. The van der Waals surface area contributed by atoms with Crippen molar-refractivity contribution in [2.24, 2.45) is 5.41 Å². The van der Waals surface area contributed by atoms with Gasteiger partial charge in [0.15, 0.2) is 0 Å². The number of anilines is 2. The second kappa shape index (κ2) is 12.6. The van der Waals surface area contributed by atoms with Gasteiger partial charge in [0.25, 0.3) is 5.91 Å². The van der Waals surface area contributed by atoms with Crippen LogP contribution in [0.2, 0.25) is 0 Å². The molecule has 1 atom stereocenters. The van der Waals surface area contributed by atoms with Crippen molar-refractivity contribution in [2.75, 3.05) is 10.2 Å². The zero-order chi connectivity index (χ0) is 31.4. The predicted octanol–water partition coefficient (Wildman–Crippen LogP) is 8.90. The summed E-state index contributed by atoms with van der Waals surface area (Å²) in [6.07, 6.45) is 1.49. The molecule has 1 amide bonds. The highest BCUT2D eigenvalue weighted by molar-refractivity contribution is 6.09. The molecule has 224 valence electrons. The van der Waals surface area contributed by atoms with E-state index < -0.39 is 17.8 Å². The van der Waals surface area contributed by atoms with Crippen LogP contribution >= 0.6 is 0 Å². The van der Waals surface area contributed by atoms with Crippen molar-refractivity contribution in [1.29, 1.82) is 5.26 Å². The van der Waals surface area contributed by atoms with Gasteiger partial charge in [-0.2, -0.15) is 5.26 Å². The Kier molecular flexibility index (Phi) is 8.73. The number of rotatable bonds is 8. The highest BCUT2D eigenvalue weighted by Crippen LogP contribution is 2.48. The van der Waals surface area contributed by atoms with Crippen LogP contribution in [0.5, 0.6) is 11.5 Å². The number of aromatic hydroxyl groups is 1. The van der Waals surface area contributed by atoms with Gasteiger partial charge in [0.2, 0.25) is 0 Å². The third kappa shape index (κ3) is 6.30. The van der Waals surface area contributed by atoms with Crippen LogP contribution in [-0.2, 0) is 6.61 Å². The summed E-state index contributed by atoms with van der Waals surface area (Å²) >= 11 is 0. The van der Waals surface area contributed by atoms with Crippen LogP contribution in [0, 0.1) is 22.6 Å². The fourth-order valence-electron chi connectivity index (χ4n) is 5.41. The first kappa shape index (κ1) is 30.4. The summed E-state index contributed by atoms with van der Waals surface area (Å²) in [6, 6.07) is 27.0. The maximum absolute atomic E-state index is 16.3. The highest BCUT2D eigenvalue weighted by Gasteiger charge is 2.37. The summed E-state index contributed by atoms with van der Waals surface area (Å²) in [5.41, 5.74) is 4.03. The lowest BCUT2D eigenvalue weighted by molar-refractivity contribution is 0.0979. The van der Waals surface area contributed by atoms with Crippen LogP contribution in [0.25, 0.3) is 0 Å². The summed E-state index contributed by atoms with van der Waals surface area (Å²) in [4.78, 5) is 16.0. The molecule has 7 heteroatoms. The molecule has 1 aliphatic heterocycles. The van der Waals surface area contributed by atoms with Crippen LogP contribution in [0.3, 0.4) is 0 Å². The number of nitrogens with zero attached hydrogens (tertiary/aromatic N) is 2. The van der Waals surface area contributed by atoms with Crippen LogP contribution in [0.1, 0.15) is 73.6 Å². The molecule has 0 saturated heterocycles. The average Bonchev–Trinajstić information content (AvgIpc) is 3.15. The number of allylic oxidation sites excluding steroid dienone is 1. The summed E-state index contributed by atoms with van der Waals surface area (Å²) in [5, 5.41) is 24.0. The van der Waals surface area contributed by atoms with Gasteiger partial charge < -0.3 is 15.2 Å². The van der Waals surface area contributed by atoms with E-state index >= 15 is 4.39 Å². The monoisotopic (exact) mass is 589 g/mol. The number of halogens is 1. The van der Waals surface area contributed by atoms with Crippen LogP contribution in [0.15, 0.2) is 102 Å². The number of para-hydroxylation sites is 1. The standard InChI is InChI=1S/C37H36FN3O3/c1-5-37(3,4)21-31-24(2)35(29-18-17-28(20-30(29)38)44-23-25-11-7-6-8-12-25)41(32-15-10-16-33(42)34(32)40-31)36(43)27-14-9-13-26(19-27)22-39/h6-20,35,40,42H,5,21,23H2,1-4H3. The molecule has 0 spiro atoms. The van der Waals surface area contributed by atoms with E-state index in [1.165, 1.54) is 17.0 Å². The van der Waals surface area contributed by atoms with E-state index in [2.05, 4.69) is 32.2 Å². The largest absolute Gasteiger partial charge is 0.506 e. The lowest BCUT2D eigenvalue weighted by Crippen LogP contribution is -2.36. The number of benzene rings is 4. The van der Waals surface area contributed by atoms with Crippen molar-refractivity contribution in [3.8, 4) is 17.6 Å². The van der Waals surface area contributed by atoms with Crippen molar-refractivity contribution in [3.63, 3.8) is 0 Å². The Bertz CT molecular complexity index is 1760. The number of hydrogen-bond acceptors (Lipinski definition) is 5. The van der Waals surface area contributed by atoms with Crippen molar-refractivity contribution < 1.29 is 19.0 Å². The van der Waals surface area contributed by atoms with E-state index in [0.717, 1.165) is 23.3 Å². The van der Waals surface area contributed by atoms with Gasteiger partial charge in [-0.25, -0.2) is 4.39 Å². The van der Waals surface area contributed by atoms with Gasteiger partial charge in [0.05, 0.1) is 23.4 Å². The van der Waals surface area contributed by atoms with Gasteiger partial charge in [0.1, 0.15) is 29.6 Å². The van der Waals surface area contributed by atoms with Gasteiger partial charge in [-0.05, 0) is 72.4 Å². The summed E-state index contributed by atoms with van der Waals surface area (Å²) in [7, 11) is 0. The first-order valence-corrected chi connectivity index (χ1v) is 14.7. The number of fused-ring (bicyclic) bond motifs is 1. The normalized spacial score (nSPS) is 14.7. The number of carbonyl (C=O) groups excluding carboxylic acids is 1. The van der Waals surface area contributed by atoms with Crippen LogP contribution < -0.4 is 15.0 Å². The van der Waals surface area contributed by atoms with E-state index in [4.69, 9.17) is 4.74 Å². The fraction of sp³-hybridized carbons (Fsp3) is 0.243. The van der Waals surface area contributed by atoms with Crippen molar-refractivity contribution in [3.05, 3.63) is 130 Å². The lowest BCUT2D eigenvalue weighted by atomic mass is 9.83. The summed E-state index contributed by atoms with van der Waals surface area (Å²) in [5.74, 6) is -0.619. The molecule has 4 aromatic carbocycles. The number of nitriles is 1. The van der Waals surface area contributed by atoms with Gasteiger partial charge in [-0.15, -0.1) is 0 Å². The summed E-state index contributed by atoms with van der Waals surface area (Å²) < 4.78 is 22.2. The molecule has 0 saturated carbocycles. The SMILES string of the molecule is CCC(C)(C)CC1=C(C)C(c2ccc(OCc3ccccc3)cc2F)N(C(=O)c2cccc(C#N)c2)c2cccc(O)c2N1. The maximum Gasteiger partial charge on any atom is 0.259 e.